The van der Waals surface area contributed by atoms with E-state index in [0.717, 1.165) is 24.0 Å². The van der Waals surface area contributed by atoms with Crippen molar-refractivity contribution in [3.8, 4) is 11.1 Å². The van der Waals surface area contributed by atoms with Gasteiger partial charge in [-0.2, -0.15) is 0 Å². The Balaban J connectivity index is 1.31. The van der Waals surface area contributed by atoms with Crippen LogP contribution >= 0.6 is 0 Å². The van der Waals surface area contributed by atoms with Gasteiger partial charge in [-0.3, -0.25) is 4.79 Å². The summed E-state index contributed by atoms with van der Waals surface area (Å²) in [6.45, 7) is 0.655. The van der Waals surface area contributed by atoms with Crippen molar-refractivity contribution in [2.24, 2.45) is 0 Å². The van der Waals surface area contributed by atoms with Gasteiger partial charge in [0.25, 0.3) is 5.91 Å². The summed E-state index contributed by atoms with van der Waals surface area (Å²) in [6, 6.07) is 18.4. The molecular weight excluding hydrogens is 384 g/mol. The van der Waals surface area contributed by atoms with Crippen molar-refractivity contribution in [2.75, 3.05) is 11.9 Å². The van der Waals surface area contributed by atoms with Gasteiger partial charge in [0.05, 0.1) is 0 Å². The molecule has 1 saturated carbocycles. The number of nitrogens with one attached hydrogen (secondary N) is 2. The first kappa shape index (κ1) is 21.0. The topological polar surface area (TPSA) is 66.9 Å². The Labute approximate surface area is 184 Å². The maximum Gasteiger partial charge on any atom is 0.251 e. The summed E-state index contributed by atoms with van der Waals surface area (Å²) in [7, 11) is 0. The van der Waals surface area contributed by atoms with Gasteiger partial charge < -0.3 is 10.6 Å². The van der Waals surface area contributed by atoms with E-state index in [0.29, 0.717) is 24.1 Å². The summed E-state index contributed by atoms with van der Waals surface area (Å²) in [5.74, 6) is 0.634. The number of carbonyl (C=O) groups excluding carboxylic acids is 1. The highest BCUT2D eigenvalue weighted by Crippen LogP contribution is 2.22. The molecule has 0 saturated heterocycles. The standard InChI is InChI=1S/C26H30N4O/c31-25(27-16-8-11-20-9-3-1-4-10-20)22-13-7-12-21(17-22)23-18-28-26(29-19-23)30-24-14-5-2-6-15-24/h1,3-4,7,9-10,12-13,17-19,24H,2,5-6,8,11,14-16H2,(H,27,31)(H,28,29,30). The van der Waals surface area contributed by atoms with Crippen LogP contribution in [0.25, 0.3) is 11.1 Å². The van der Waals surface area contributed by atoms with Gasteiger partial charge in [0, 0.05) is 36.1 Å². The zero-order chi connectivity index (χ0) is 21.3. The zero-order valence-corrected chi connectivity index (χ0v) is 17.9. The lowest BCUT2D eigenvalue weighted by molar-refractivity contribution is 0.0953. The van der Waals surface area contributed by atoms with E-state index in [2.05, 4.69) is 32.7 Å². The molecule has 1 aliphatic rings. The van der Waals surface area contributed by atoms with Gasteiger partial charge in [0.1, 0.15) is 0 Å². The van der Waals surface area contributed by atoms with Crippen LogP contribution in [0.1, 0.15) is 54.4 Å². The molecule has 5 nitrogen and oxygen atoms in total. The molecule has 4 rings (SSSR count). The summed E-state index contributed by atoms with van der Waals surface area (Å²) < 4.78 is 0. The van der Waals surface area contributed by atoms with Crippen molar-refractivity contribution in [2.45, 2.75) is 51.0 Å². The number of aromatic nitrogens is 2. The maximum atomic E-state index is 12.6. The maximum absolute atomic E-state index is 12.6. The molecule has 0 aliphatic heterocycles. The molecule has 0 atom stereocenters. The highest BCUT2D eigenvalue weighted by atomic mass is 16.1. The molecule has 0 spiro atoms. The lowest BCUT2D eigenvalue weighted by Gasteiger charge is -2.22. The van der Waals surface area contributed by atoms with E-state index in [1.54, 1.807) is 0 Å². The van der Waals surface area contributed by atoms with Crippen LogP contribution in [-0.4, -0.2) is 28.5 Å². The minimum atomic E-state index is -0.0496. The van der Waals surface area contributed by atoms with Gasteiger partial charge >= 0.3 is 0 Å². The molecular formula is C26H30N4O. The van der Waals surface area contributed by atoms with Crippen LogP contribution in [-0.2, 0) is 6.42 Å². The molecule has 0 unspecified atom stereocenters. The number of aryl methyl sites for hydroxylation is 1. The molecule has 5 heteroatoms. The van der Waals surface area contributed by atoms with Gasteiger partial charge in [0.15, 0.2) is 0 Å². The van der Waals surface area contributed by atoms with E-state index in [4.69, 9.17) is 0 Å². The fourth-order valence-corrected chi connectivity index (χ4v) is 4.06. The Hall–Kier alpha value is -3.21. The van der Waals surface area contributed by atoms with Gasteiger partial charge in [0.2, 0.25) is 5.95 Å². The first-order valence-electron chi connectivity index (χ1n) is 11.3. The Kier molecular flexibility index (Phi) is 7.27. The Bertz CT molecular complexity index is 966. The number of anilines is 1. The van der Waals surface area contributed by atoms with Crippen molar-refractivity contribution >= 4 is 11.9 Å². The zero-order valence-electron chi connectivity index (χ0n) is 17.9. The third-order valence-corrected chi connectivity index (χ3v) is 5.82. The number of hydrogen-bond acceptors (Lipinski definition) is 4. The van der Waals surface area contributed by atoms with Gasteiger partial charge in [-0.15, -0.1) is 0 Å². The number of rotatable bonds is 8. The summed E-state index contributed by atoms with van der Waals surface area (Å²) in [6.07, 6.45) is 11.8. The second-order valence-corrected chi connectivity index (χ2v) is 8.20. The Morgan fingerprint density at radius 2 is 1.68 bits per heavy atom. The quantitative estimate of drug-likeness (QED) is 0.494. The molecule has 1 aliphatic carbocycles. The van der Waals surface area contributed by atoms with Gasteiger partial charge in [-0.05, 0) is 48.9 Å². The van der Waals surface area contributed by atoms with E-state index in [1.807, 2.05) is 54.9 Å². The van der Waals surface area contributed by atoms with Crippen LogP contribution in [0, 0.1) is 0 Å². The van der Waals surface area contributed by atoms with Gasteiger partial charge in [-0.1, -0.05) is 61.7 Å². The highest BCUT2D eigenvalue weighted by molar-refractivity contribution is 5.95. The number of amides is 1. The lowest BCUT2D eigenvalue weighted by Crippen LogP contribution is -2.24. The largest absolute Gasteiger partial charge is 0.352 e. The molecule has 1 aromatic heterocycles. The lowest BCUT2D eigenvalue weighted by atomic mass is 9.96. The third kappa shape index (κ3) is 6.14. The summed E-state index contributed by atoms with van der Waals surface area (Å²) in [5.41, 5.74) is 3.80. The van der Waals surface area contributed by atoms with Crippen molar-refractivity contribution in [1.29, 1.82) is 0 Å². The Morgan fingerprint density at radius 1 is 0.903 bits per heavy atom. The highest BCUT2D eigenvalue weighted by Gasteiger charge is 2.14. The predicted molar refractivity (Wildman–Crippen MR) is 125 cm³/mol. The summed E-state index contributed by atoms with van der Waals surface area (Å²) in [4.78, 5) is 21.5. The van der Waals surface area contributed by atoms with Crippen molar-refractivity contribution < 1.29 is 4.79 Å². The van der Waals surface area contributed by atoms with Crippen LogP contribution in [0.4, 0.5) is 5.95 Å². The summed E-state index contributed by atoms with van der Waals surface area (Å²) in [5, 5.41) is 6.47. The first-order chi connectivity index (χ1) is 15.3. The number of benzene rings is 2. The van der Waals surface area contributed by atoms with E-state index < -0.39 is 0 Å². The molecule has 2 aromatic carbocycles. The SMILES string of the molecule is O=C(NCCCc1ccccc1)c1cccc(-c2cnc(NC3CCCCC3)nc2)c1. The molecule has 1 amide bonds. The smallest absolute Gasteiger partial charge is 0.251 e. The second kappa shape index (κ2) is 10.7. The normalized spacial score (nSPS) is 14.2. The van der Waals surface area contributed by atoms with Crippen LogP contribution < -0.4 is 10.6 Å². The van der Waals surface area contributed by atoms with Crippen LogP contribution in [0.15, 0.2) is 67.0 Å². The number of hydrogen-bond donors (Lipinski definition) is 2. The van der Waals surface area contributed by atoms with Crippen LogP contribution in [0.2, 0.25) is 0 Å². The van der Waals surface area contributed by atoms with E-state index in [9.17, 15) is 4.79 Å². The first-order valence-corrected chi connectivity index (χ1v) is 11.3. The average molecular weight is 415 g/mol. The van der Waals surface area contributed by atoms with Crippen LogP contribution in [0.3, 0.4) is 0 Å². The van der Waals surface area contributed by atoms with E-state index in [1.165, 1.54) is 37.7 Å². The molecule has 0 radical (unpaired) electrons. The van der Waals surface area contributed by atoms with E-state index >= 15 is 0 Å². The monoisotopic (exact) mass is 414 g/mol. The fraction of sp³-hybridized carbons (Fsp3) is 0.346. The molecule has 2 N–H and O–H groups in total. The van der Waals surface area contributed by atoms with Crippen molar-refractivity contribution in [3.63, 3.8) is 0 Å². The van der Waals surface area contributed by atoms with Gasteiger partial charge in [-0.25, -0.2) is 9.97 Å². The molecule has 0 bridgehead atoms. The van der Waals surface area contributed by atoms with Crippen LogP contribution in [0.5, 0.6) is 0 Å². The molecule has 3 aromatic rings. The second-order valence-electron chi connectivity index (χ2n) is 8.20. The minimum absolute atomic E-state index is 0.0496. The number of nitrogens with zero attached hydrogens (tertiary/aromatic N) is 2. The minimum Gasteiger partial charge on any atom is -0.352 e. The molecule has 31 heavy (non-hydrogen) atoms. The third-order valence-electron chi connectivity index (χ3n) is 5.82. The van der Waals surface area contributed by atoms with Crippen molar-refractivity contribution in [1.82, 2.24) is 15.3 Å². The van der Waals surface area contributed by atoms with E-state index in [-0.39, 0.29) is 5.91 Å². The molecule has 160 valence electrons. The predicted octanol–water partition coefficient (Wildman–Crippen LogP) is 5.25. The summed E-state index contributed by atoms with van der Waals surface area (Å²) >= 11 is 0. The molecule has 1 heterocycles. The number of carbonyl (C=O) groups is 1. The fourth-order valence-electron chi connectivity index (χ4n) is 4.06. The molecule has 1 fully saturated rings. The average Bonchev–Trinajstić information content (AvgIpc) is 2.84. The Morgan fingerprint density at radius 3 is 2.45 bits per heavy atom. The van der Waals surface area contributed by atoms with Crippen molar-refractivity contribution in [3.05, 3.63) is 78.1 Å².